The lowest BCUT2D eigenvalue weighted by Crippen LogP contribution is -2.45. The topological polar surface area (TPSA) is 58.1 Å². The summed E-state index contributed by atoms with van der Waals surface area (Å²) >= 11 is 7.42. The number of amides is 1. The standard InChI is InChI=1S/C17H21ClN4OS/c1-22(2)11-8-14-20-21-16(24-14)19-15(23)17(9-3-10-17)12-4-6-13(18)7-5-12/h4-7H,3,8-11H2,1-2H3,(H,19,21,23). The highest BCUT2D eigenvalue weighted by molar-refractivity contribution is 7.15. The number of benzene rings is 1. The van der Waals surface area contributed by atoms with Gasteiger partial charge in [0.25, 0.3) is 0 Å². The van der Waals surface area contributed by atoms with E-state index in [0.29, 0.717) is 10.2 Å². The van der Waals surface area contributed by atoms with Crippen LogP contribution in [0.5, 0.6) is 0 Å². The van der Waals surface area contributed by atoms with Gasteiger partial charge in [-0.3, -0.25) is 10.1 Å². The van der Waals surface area contributed by atoms with Gasteiger partial charge in [0.05, 0.1) is 5.41 Å². The lowest BCUT2D eigenvalue weighted by molar-refractivity contribution is -0.124. The molecule has 7 heteroatoms. The molecule has 1 fully saturated rings. The average Bonchev–Trinajstić information content (AvgIpc) is 2.93. The molecule has 0 bridgehead atoms. The molecule has 0 unspecified atom stereocenters. The molecular formula is C17H21ClN4OS. The third kappa shape index (κ3) is 3.61. The minimum Gasteiger partial charge on any atom is -0.309 e. The zero-order chi connectivity index (χ0) is 17.2. The Balaban J connectivity index is 1.70. The second-order valence-electron chi connectivity index (χ2n) is 6.45. The highest BCUT2D eigenvalue weighted by Crippen LogP contribution is 2.45. The number of rotatable bonds is 6. The molecule has 0 spiro atoms. The zero-order valence-electron chi connectivity index (χ0n) is 13.9. The maximum Gasteiger partial charge on any atom is 0.236 e. The van der Waals surface area contributed by atoms with Crippen molar-refractivity contribution in [2.24, 2.45) is 0 Å². The number of hydrogen-bond acceptors (Lipinski definition) is 5. The molecule has 0 radical (unpaired) electrons. The molecule has 1 aromatic carbocycles. The van der Waals surface area contributed by atoms with Crippen LogP contribution in [-0.2, 0) is 16.6 Å². The number of hydrogen-bond donors (Lipinski definition) is 1. The van der Waals surface area contributed by atoms with Gasteiger partial charge in [0.1, 0.15) is 5.01 Å². The van der Waals surface area contributed by atoms with E-state index in [-0.39, 0.29) is 5.91 Å². The van der Waals surface area contributed by atoms with Crippen LogP contribution in [-0.4, -0.2) is 41.6 Å². The predicted molar refractivity (Wildman–Crippen MR) is 97.8 cm³/mol. The van der Waals surface area contributed by atoms with Gasteiger partial charge in [-0.2, -0.15) is 0 Å². The largest absolute Gasteiger partial charge is 0.309 e. The Hall–Kier alpha value is -1.50. The second kappa shape index (κ2) is 7.17. The summed E-state index contributed by atoms with van der Waals surface area (Å²) in [5, 5.41) is 13.4. The number of carbonyl (C=O) groups is 1. The molecular weight excluding hydrogens is 344 g/mol. The van der Waals surface area contributed by atoms with E-state index in [4.69, 9.17) is 11.6 Å². The molecule has 3 rings (SSSR count). The van der Waals surface area contributed by atoms with Crippen LogP contribution in [0, 0.1) is 0 Å². The first-order valence-corrected chi connectivity index (χ1v) is 9.24. The fourth-order valence-electron chi connectivity index (χ4n) is 2.89. The predicted octanol–water partition coefficient (Wildman–Crippen LogP) is 3.36. The number of aromatic nitrogens is 2. The van der Waals surface area contributed by atoms with E-state index in [1.807, 2.05) is 38.4 Å². The first-order valence-electron chi connectivity index (χ1n) is 8.04. The number of likely N-dealkylation sites (N-methyl/N-ethyl adjacent to an activating group) is 1. The number of anilines is 1. The number of carbonyl (C=O) groups excluding carboxylic acids is 1. The minimum atomic E-state index is -0.458. The monoisotopic (exact) mass is 364 g/mol. The lowest BCUT2D eigenvalue weighted by atomic mass is 9.64. The Kier molecular flexibility index (Phi) is 5.18. The quantitative estimate of drug-likeness (QED) is 0.853. The molecule has 1 aliphatic carbocycles. The summed E-state index contributed by atoms with van der Waals surface area (Å²) < 4.78 is 0. The van der Waals surface area contributed by atoms with E-state index < -0.39 is 5.41 Å². The Morgan fingerprint density at radius 1 is 1.29 bits per heavy atom. The highest BCUT2D eigenvalue weighted by Gasteiger charge is 2.45. The van der Waals surface area contributed by atoms with Crippen LogP contribution in [0.3, 0.4) is 0 Å². The normalized spacial score (nSPS) is 16.0. The van der Waals surface area contributed by atoms with E-state index in [9.17, 15) is 4.79 Å². The number of nitrogens with zero attached hydrogens (tertiary/aromatic N) is 3. The van der Waals surface area contributed by atoms with Gasteiger partial charge in [-0.15, -0.1) is 10.2 Å². The maximum atomic E-state index is 12.9. The van der Waals surface area contributed by atoms with Crippen LogP contribution in [0.2, 0.25) is 5.02 Å². The van der Waals surface area contributed by atoms with Crippen LogP contribution < -0.4 is 5.32 Å². The number of halogens is 1. The van der Waals surface area contributed by atoms with Gasteiger partial charge in [-0.1, -0.05) is 41.5 Å². The van der Waals surface area contributed by atoms with Gasteiger partial charge >= 0.3 is 0 Å². The molecule has 1 N–H and O–H groups in total. The molecule has 0 atom stereocenters. The molecule has 1 amide bonds. The molecule has 1 saturated carbocycles. The molecule has 1 aliphatic rings. The summed E-state index contributed by atoms with van der Waals surface area (Å²) in [6.07, 6.45) is 3.60. The lowest BCUT2D eigenvalue weighted by Gasteiger charge is -2.40. The van der Waals surface area contributed by atoms with Crippen molar-refractivity contribution in [3.8, 4) is 0 Å². The maximum absolute atomic E-state index is 12.9. The van der Waals surface area contributed by atoms with Gasteiger partial charge < -0.3 is 4.90 Å². The summed E-state index contributed by atoms with van der Waals surface area (Å²) in [5.41, 5.74) is 0.563. The van der Waals surface area contributed by atoms with Crippen LogP contribution in [0.25, 0.3) is 0 Å². The fourth-order valence-corrected chi connectivity index (χ4v) is 3.74. The van der Waals surface area contributed by atoms with Crippen molar-refractivity contribution in [3.05, 3.63) is 39.9 Å². The van der Waals surface area contributed by atoms with Crippen molar-refractivity contribution in [1.29, 1.82) is 0 Å². The van der Waals surface area contributed by atoms with Crippen molar-refractivity contribution in [1.82, 2.24) is 15.1 Å². The third-order valence-corrected chi connectivity index (χ3v) is 5.65. The Morgan fingerprint density at radius 2 is 2.00 bits per heavy atom. The molecule has 128 valence electrons. The van der Waals surface area contributed by atoms with E-state index >= 15 is 0 Å². The first kappa shape index (κ1) is 17.3. The molecule has 24 heavy (non-hydrogen) atoms. The molecule has 1 heterocycles. The van der Waals surface area contributed by atoms with E-state index in [1.54, 1.807) is 0 Å². The van der Waals surface area contributed by atoms with E-state index in [2.05, 4.69) is 20.4 Å². The smallest absolute Gasteiger partial charge is 0.236 e. The van der Waals surface area contributed by atoms with Gasteiger partial charge in [-0.25, -0.2) is 0 Å². The Bertz CT molecular complexity index is 710. The third-order valence-electron chi connectivity index (χ3n) is 4.50. The molecule has 5 nitrogen and oxygen atoms in total. The summed E-state index contributed by atoms with van der Waals surface area (Å²) in [6.45, 7) is 0.914. The van der Waals surface area contributed by atoms with Gasteiger partial charge in [-0.05, 0) is 44.6 Å². The first-order chi connectivity index (χ1) is 11.5. The Labute approximate surface area is 151 Å². The van der Waals surface area contributed by atoms with Crippen LogP contribution in [0.1, 0.15) is 29.8 Å². The molecule has 1 aromatic heterocycles. The average molecular weight is 365 g/mol. The van der Waals surface area contributed by atoms with Crippen LogP contribution >= 0.6 is 22.9 Å². The van der Waals surface area contributed by atoms with E-state index in [0.717, 1.165) is 42.8 Å². The summed E-state index contributed by atoms with van der Waals surface area (Å²) in [5.74, 6) is 0.00591. The zero-order valence-corrected chi connectivity index (χ0v) is 15.5. The van der Waals surface area contributed by atoms with Crippen LogP contribution in [0.4, 0.5) is 5.13 Å². The summed E-state index contributed by atoms with van der Waals surface area (Å²) in [7, 11) is 4.05. The van der Waals surface area contributed by atoms with Crippen molar-refractivity contribution in [2.45, 2.75) is 31.1 Å². The van der Waals surface area contributed by atoms with E-state index in [1.165, 1.54) is 11.3 Å². The van der Waals surface area contributed by atoms with Crippen molar-refractivity contribution < 1.29 is 4.79 Å². The van der Waals surface area contributed by atoms with Gasteiger partial charge in [0, 0.05) is 18.0 Å². The minimum absolute atomic E-state index is 0.00591. The van der Waals surface area contributed by atoms with Gasteiger partial charge in [0.15, 0.2) is 0 Å². The summed E-state index contributed by atoms with van der Waals surface area (Å²) in [4.78, 5) is 15.0. The number of nitrogens with one attached hydrogen (secondary N) is 1. The Morgan fingerprint density at radius 3 is 2.58 bits per heavy atom. The fraction of sp³-hybridized carbons (Fsp3) is 0.471. The van der Waals surface area contributed by atoms with Gasteiger partial charge in [0.2, 0.25) is 11.0 Å². The van der Waals surface area contributed by atoms with Crippen molar-refractivity contribution in [2.75, 3.05) is 26.0 Å². The molecule has 0 saturated heterocycles. The van der Waals surface area contributed by atoms with Crippen molar-refractivity contribution >= 4 is 34.0 Å². The van der Waals surface area contributed by atoms with Crippen LogP contribution in [0.15, 0.2) is 24.3 Å². The van der Waals surface area contributed by atoms with Crippen molar-refractivity contribution in [3.63, 3.8) is 0 Å². The molecule has 0 aliphatic heterocycles. The second-order valence-corrected chi connectivity index (χ2v) is 7.95. The summed E-state index contributed by atoms with van der Waals surface area (Å²) in [6, 6.07) is 7.58. The highest BCUT2D eigenvalue weighted by atomic mass is 35.5. The molecule has 2 aromatic rings. The SMILES string of the molecule is CN(C)CCc1nnc(NC(=O)C2(c3ccc(Cl)cc3)CCC2)s1.